The van der Waals surface area contributed by atoms with E-state index in [0.717, 1.165) is 5.69 Å². The minimum absolute atomic E-state index is 0.291. The lowest BCUT2D eigenvalue weighted by Gasteiger charge is -2.05. The zero-order valence-electron chi connectivity index (χ0n) is 7.97. The number of aryl methyl sites for hydroxylation is 1. The van der Waals surface area contributed by atoms with Gasteiger partial charge in [0.2, 0.25) is 0 Å². The molecule has 1 aromatic carbocycles. The highest BCUT2D eigenvalue weighted by molar-refractivity contribution is 5.35. The number of rotatable bonds is 2. The van der Waals surface area contributed by atoms with Crippen molar-refractivity contribution in [2.24, 2.45) is 0 Å². The zero-order valence-corrected chi connectivity index (χ0v) is 7.97. The molecule has 2 aromatic rings. The summed E-state index contributed by atoms with van der Waals surface area (Å²) in [5.41, 5.74) is 2.19. The van der Waals surface area contributed by atoms with Crippen LogP contribution in [0.3, 0.4) is 0 Å². The molecule has 3 heteroatoms. The molecule has 0 bridgehead atoms. The fraction of sp³-hybridized carbons (Fsp3) is 0.182. The van der Waals surface area contributed by atoms with Gasteiger partial charge in [0.15, 0.2) is 0 Å². The molecule has 1 aromatic heterocycles. The van der Waals surface area contributed by atoms with Crippen LogP contribution in [0.1, 0.15) is 11.4 Å². The second kappa shape index (κ2) is 3.64. The van der Waals surface area contributed by atoms with Gasteiger partial charge in [-0.2, -0.15) is 0 Å². The fourth-order valence-electron chi connectivity index (χ4n) is 1.38. The summed E-state index contributed by atoms with van der Waals surface area (Å²) in [4.78, 5) is 3.98. The molecule has 0 spiro atoms. The lowest BCUT2D eigenvalue weighted by atomic mass is 10.2. The molecule has 0 aliphatic heterocycles. The highest BCUT2D eigenvalue weighted by Gasteiger charge is 2.02. The Bertz CT molecular complexity index is 417. The molecule has 14 heavy (non-hydrogen) atoms. The lowest BCUT2D eigenvalue weighted by molar-refractivity contribution is 0.168. The van der Waals surface area contributed by atoms with Crippen LogP contribution in [-0.2, 0) is 11.7 Å². The number of benzene rings is 1. The van der Waals surface area contributed by atoms with Gasteiger partial charge in [-0.3, -0.25) is 0 Å². The van der Waals surface area contributed by atoms with Gasteiger partial charge in [0, 0.05) is 18.1 Å². The third kappa shape index (κ3) is 1.54. The number of hydrogen-bond acceptors (Lipinski definition) is 1. The van der Waals surface area contributed by atoms with Gasteiger partial charge in [0.05, 0.1) is 0 Å². The second-order valence-corrected chi connectivity index (χ2v) is 3.19. The van der Waals surface area contributed by atoms with Gasteiger partial charge in [-0.1, -0.05) is 17.7 Å². The van der Waals surface area contributed by atoms with Crippen molar-refractivity contribution >= 4 is 0 Å². The molecule has 3 nitrogen and oxygen atoms in total. The van der Waals surface area contributed by atoms with Crippen LogP contribution in [0.15, 0.2) is 36.7 Å². The molecule has 71 valence electrons. The van der Waals surface area contributed by atoms with Crippen LogP contribution in [0.25, 0.3) is 5.69 Å². The molecule has 0 saturated heterocycles. The number of hydrogen-bond donors (Lipinski definition) is 0. The average molecular weight is 187 g/mol. The maximum atomic E-state index is 10.8. The van der Waals surface area contributed by atoms with Gasteiger partial charge >= 0.3 is 0 Å². The van der Waals surface area contributed by atoms with Crippen LogP contribution in [0.2, 0.25) is 0 Å². The molecule has 1 heterocycles. The van der Waals surface area contributed by atoms with E-state index < -0.39 is 0 Å². The van der Waals surface area contributed by atoms with Crippen LogP contribution < -0.4 is 0 Å². The second-order valence-electron chi connectivity index (χ2n) is 3.19. The van der Waals surface area contributed by atoms with E-state index in [1.54, 1.807) is 12.4 Å². The van der Waals surface area contributed by atoms with Crippen LogP contribution in [-0.4, -0.2) is 9.55 Å². The van der Waals surface area contributed by atoms with Gasteiger partial charge in [-0.15, -0.1) is 0 Å². The van der Waals surface area contributed by atoms with E-state index in [1.165, 1.54) is 5.56 Å². The van der Waals surface area contributed by atoms with Crippen molar-refractivity contribution in [1.82, 2.24) is 9.55 Å². The molecule has 0 aliphatic rings. The van der Waals surface area contributed by atoms with Crippen molar-refractivity contribution in [2.75, 3.05) is 0 Å². The minimum atomic E-state index is -0.291. The Morgan fingerprint density at radius 2 is 2.00 bits per heavy atom. The Morgan fingerprint density at radius 1 is 1.29 bits per heavy atom. The average Bonchev–Trinajstić information content (AvgIpc) is 2.67. The van der Waals surface area contributed by atoms with Gasteiger partial charge < -0.3 is 4.57 Å². The van der Waals surface area contributed by atoms with E-state index in [4.69, 9.17) is 0 Å². The van der Waals surface area contributed by atoms with E-state index in [-0.39, 0.29) is 6.61 Å². The molecule has 0 saturated carbocycles. The Balaban J connectivity index is 2.44. The predicted molar refractivity (Wildman–Crippen MR) is 52.7 cm³/mol. The van der Waals surface area contributed by atoms with Crippen LogP contribution >= 0.6 is 0 Å². The summed E-state index contributed by atoms with van der Waals surface area (Å²) in [5, 5.41) is 10.8. The van der Waals surface area contributed by atoms with E-state index in [0.29, 0.717) is 5.82 Å². The SMILES string of the molecule is Cc1ccc(-n2ccnc2C[O])cc1. The van der Waals surface area contributed by atoms with Gasteiger partial charge in [0.1, 0.15) is 12.4 Å². The summed E-state index contributed by atoms with van der Waals surface area (Å²) in [6.45, 7) is 1.74. The van der Waals surface area contributed by atoms with Crippen molar-refractivity contribution in [2.45, 2.75) is 13.5 Å². The smallest absolute Gasteiger partial charge is 0.142 e. The van der Waals surface area contributed by atoms with Crippen LogP contribution in [0.5, 0.6) is 0 Å². The monoisotopic (exact) mass is 187 g/mol. The Morgan fingerprint density at radius 3 is 2.64 bits per heavy atom. The summed E-state index contributed by atoms with van der Waals surface area (Å²) in [6, 6.07) is 8.00. The zero-order chi connectivity index (χ0) is 9.97. The maximum Gasteiger partial charge on any atom is 0.142 e. The Kier molecular flexibility index (Phi) is 2.33. The third-order valence-corrected chi connectivity index (χ3v) is 2.16. The number of aromatic nitrogens is 2. The third-order valence-electron chi connectivity index (χ3n) is 2.16. The summed E-state index contributed by atoms with van der Waals surface area (Å²) >= 11 is 0. The molecular formula is C11H11N2O. The molecule has 0 unspecified atom stereocenters. The number of imidazole rings is 1. The topological polar surface area (TPSA) is 37.7 Å². The van der Waals surface area contributed by atoms with E-state index in [9.17, 15) is 5.11 Å². The molecule has 0 fully saturated rings. The fourth-order valence-corrected chi connectivity index (χ4v) is 1.38. The van der Waals surface area contributed by atoms with Crippen molar-refractivity contribution < 1.29 is 5.11 Å². The Labute approximate surface area is 82.7 Å². The highest BCUT2D eigenvalue weighted by Crippen LogP contribution is 2.11. The molecule has 1 radical (unpaired) electrons. The first-order chi connectivity index (χ1) is 6.81. The summed E-state index contributed by atoms with van der Waals surface area (Å²) in [5.74, 6) is 0.550. The van der Waals surface area contributed by atoms with Gasteiger partial charge in [0.25, 0.3) is 0 Å². The van der Waals surface area contributed by atoms with E-state index in [2.05, 4.69) is 4.98 Å². The van der Waals surface area contributed by atoms with Gasteiger partial charge in [-0.05, 0) is 19.1 Å². The normalized spacial score (nSPS) is 10.4. The Hall–Kier alpha value is -1.61. The minimum Gasteiger partial charge on any atom is -0.302 e. The molecule has 0 N–H and O–H groups in total. The molecule has 0 amide bonds. The molecule has 0 aliphatic carbocycles. The number of nitrogens with zero attached hydrogens (tertiary/aromatic N) is 2. The first kappa shape index (κ1) is 8.97. The van der Waals surface area contributed by atoms with Crippen molar-refractivity contribution in [3.8, 4) is 5.69 Å². The molecule has 2 rings (SSSR count). The predicted octanol–water partition coefficient (Wildman–Crippen LogP) is 2.11. The van der Waals surface area contributed by atoms with Crippen LogP contribution in [0, 0.1) is 6.92 Å². The summed E-state index contributed by atoms with van der Waals surface area (Å²) in [6.07, 6.45) is 3.45. The summed E-state index contributed by atoms with van der Waals surface area (Å²) < 4.78 is 1.81. The van der Waals surface area contributed by atoms with Crippen molar-refractivity contribution in [3.05, 3.63) is 48.0 Å². The standard InChI is InChI=1S/C11H11N2O/c1-9-2-4-10(5-3-9)13-7-6-12-11(13)8-14/h2-7H,8H2,1H3. The van der Waals surface area contributed by atoms with Crippen molar-refractivity contribution in [1.29, 1.82) is 0 Å². The first-order valence-corrected chi connectivity index (χ1v) is 4.48. The van der Waals surface area contributed by atoms with E-state index in [1.807, 2.05) is 35.8 Å². The van der Waals surface area contributed by atoms with E-state index >= 15 is 0 Å². The van der Waals surface area contributed by atoms with Crippen molar-refractivity contribution in [3.63, 3.8) is 0 Å². The van der Waals surface area contributed by atoms with Crippen LogP contribution in [0.4, 0.5) is 0 Å². The quantitative estimate of drug-likeness (QED) is 0.709. The molecule has 0 atom stereocenters. The molecular weight excluding hydrogens is 176 g/mol. The lowest BCUT2D eigenvalue weighted by Crippen LogP contribution is -1.99. The highest BCUT2D eigenvalue weighted by atomic mass is 16.3. The maximum absolute atomic E-state index is 10.8. The summed E-state index contributed by atoms with van der Waals surface area (Å²) in [7, 11) is 0. The van der Waals surface area contributed by atoms with Gasteiger partial charge in [-0.25, -0.2) is 10.1 Å². The largest absolute Gasteiger partial charge is 0.302 e. The first-order valence-electron chi connectivity index (χ1n) is 4.48.